The van der Waals surface area contributed by atoms with Crippen LogP contribution in [-0.2, 0) is 17.8 Å². The molecule has 3 heteroatoms. The predicted octanol–water partition coefficient (Wildman–Crippen LogP) is 3.66. The van der Waals surface area contributed by atoms with Crippen molar-refractivity contribution in [3.05, 3.63) is 71.3 Å². The molecular formula is C23H28N2O. The second-order valence-electron chi connectivity index (χ2n) is 7.98. The Morgan fingerprint density at radius 1 is 0.962 bits per heavy atom. The highest BCUT2D eigenvalue weighted by Gasteiger charge is 2.36. The Hall–Kier alpha value is -2.13. The van der Waals surface area contributed by atoms with Crippen LogP contribution < -0.4 is 0 Å². The molecule has 136 valence electrons. The molecule has 2 aromatic carbocycles. The molecule has 3 fully saturated rings. The molecule has 3 nitrogen and oxygen atoms in total. The van der Waals surface area contributed by atoms with Crippen molar-refractivity contribution in [1.82, 2.24) is 9.80 Å². The molecule has 5 rings (SSSR count). The minimum atomic E-state index is 0.286. The summed E-state index contributed by atoms with van der Waals surface area (Å²) in [5.41, 5.74) is 3.73. The largest absolute Gasteiger partial charge is 0.341 e. The summed E-state index contributed by atoms with van der Waals surface area (Å²) in [6.45, 7) is 6.01. The second-order valence-corrected chi connectivity index (χ2v) is 7.98. The molecule has 3 heterocycles. The van der Waals surface area contributed by atoms with Crippen LogP contribution in [0.3, 0.4) is 0 Å². The molecule has 2 aromatic rings. The van der Waals surface area contributed by atoms with Crippen LogP contribution in [-0.4, -0.2) is 41.4 Å². The van der Waals surface area contributed by atoms with E-state index in [-0.39, 0.29) is 5.91 Å². The van der Waals surface area contributed by atoms with Gasteiger partial charge in [-0.3, -0.25) is 9.69 Å². The van der Waals surface area contributed by atoms with Gasteiger partial charge in [-0.25, -0.2) is 0 Å². The highest BCUT2D eigenvalue weighted by molar-refractivity contribution is 5.79. The third kappa shape index (κ3) is 3.99. The van der Waals surface area contributed by atoms with Gasteiger partial charge in [0.05, 0.1) is 6.42 Å². The van der Waals surface area contributed by atoms with Crippen molar-refractivity contribution in [2.45, 2.75) is 38.8 Å². The zero-order chi connectivity index (χ0) is 17.9. The number of rotatable bonds is 4. The molecule has 3 aliphatic rings. The van der Waals surface area contributed by atoms with Gasteiger partial charge in [-0.1, -0.05) is 60.2 Å². The first-order chi connectivity index (χ1) is 12.7. The van der Waals surface area contributed by atoms with E-state index in [2.05, 4.69) is 65.3 Å². The van der Waals surface area contributed by atoms with Crippen molar-refractivity contribution in [3.8, 4) is 0 Å². The maximum absolute atomic E-state index is 12.9. The van der Waals surface area contributed by atoms with E-state index in [1.54, 1.807) is 0 Å². The minimum absolute atomic E-state index is 0.286. The lowest BCUT2D eigenvalue weighted by molar-refractivity contribution is -0.130. The first-order valence-corrected chi connectivity index (χ1v) is 9.78. The van der Waals surface area contributed by atoms with E-state index < -0.39 is 0 Å². The topological polar surface area (TPSA) is 23.6 Å². The number of piperidine rings is 1. The van der Waals surface area contributed by atoms with E-state index in [0.29, 0.717) is 18.4 Å². The summed E-state index contributed by atoms with van der Waals surface area (Å²) in [5, 5.41) is 0. The van der Waals surface area contributed by atoms with Gasteiger partial charge >= 0.3 is 0 Å². The van der Waals surface area contributed by atoms with E-state index >= 15 is 0 Å². The monoisotopic (exact) mass is 348 g/mol. The Morgan fingerprint density at radius 2 is 1.77 bits per heavy atom. The summed E-state index contributed by atoms with van der Waals surface area (Å²) in [6.07, 6.45) is 3.00. The van der Waals surface area contributed by atoms with Crippen LogP contribution in [0.15, 0.2) is 54.6 Å². The standard InChI is InChI=1S/C23H28N2O/c1-18-6-5-9-20(12-18)13-23(26)25-16-21-10-11-22(17-25)24(15-21)14-19-7-3-2-4-8-19/h2-9,12,21-22H,10-11,13-17H2,1H3/t21-,22-/m1/s1. The van der Waals surface area contributed by atoms with Crippen molar-refractivity contribution >= 4 is 5.91 Å². The molecule has 0 radical (unpaired) electrons. The van der Waals surface area contributed by atoms with E-state index in [4.69, 9.17) is 0 Å². The van der Waals surface area contributed by atoms with Gasteiger partial charge < -0.3 is 4.90 Å². The number of nitrogens with zero attached hydrogens (tertiary/aromatic N) is 2. The van der Waals surface area contributed by atoms with Gasteiger partial charge in [0, 0.05) is 32.2 Å². The molecule has 3 saturated heterocycles. The molecule has 2 atom stereocenters. The summed E-state index contributed by atoms with van der Waals surface area (Å²) < 4.78 is 0. The molecule has 1 amide bonds. The van der Waals surface area contributed by atoms with Crippen molar-refractivity contribution in [2.75, 3.05) is 19.6 Å². The predicted molar refractivity (Wildman–Crippen MR) is 105 cm³/mol. The zero-order valence-corrected chi connectivity index (χ0v) is 15.6. The van der Waals surface area contributed by atoms with E-state index in [1.165, 1.54) is 24.0 Å². The first-order valence-electron chi connectivity index (χ1n) is 9.78. The Morgan fingerprint density at radius 3 is 2.58 bits per heavy atom. The molecule has 2 bridgehead atoms. The quantitative estimate of drug-likeness (QED) is 0.842. The first kappa shape index (κ1) is 17.3. The SMILES string of the molecule is Cc1cccc(CC(=O)N2C[C@@H]3CC[C@H](C2)N(Cc2ccccc2)C3)c1. The lowest BCUT2D eigenvalue weighted by Crippen LogP contribution is -2.44. The third-order valence-corrected chi connectivity index (χ3v) is 5.85. The zero-order valence-electron chi connectivity index (χ0n) is 15.6. The molecule has 3 aliphatic heterocycles. The molecular weight excluding hydrogens is 320 g/mol. The highest BCUT2D eigenvalue weighted by Crippen LogP contribution is 2.29. The summed E-state index contributed by atoms with van der Waals surface area (Å²) in [5.74, 6) is 0.896. The average Bonchev–Trinajstić information content (AvgIpc) is 2.95. The van der Waals surface area contributed by atoms with Crippen LogP contribution in [0.4, 0.5) is 0 Å². The Labute approximate surface area is 156 Å². The Balaban J connectivity index is 1.43. The minimum Gasteiger partial charge on any atom is -0.341 e. The molecule has 0 aromatic heterocycles. The van der Waals surface area contributed by atoms with Crippen LogP contribution in [0.1, 0.15) is 29.5 Å². The Kier molecular flexibility index (Phi) is 5.07. The van der Waals surface area contributed by atoms with Crippen LogP contribution in [0, 0.1) is 12.8 Å². The van der Waals surface area contributed by atoms with Crippen molar-refractivity contribution < 1.29 is 4.79 Å². The van der Waals surface area contributed by atoms with Crippen molar-refractivity contribution in [3.63, 3.8) is 0 Å². The van der Waals surface area contributed by atoms with E-state index in [0.717, 1.165) is 31.7 Å². The number of carbonyl (C=O) groups excluding carboxylic acids is 1. The van der Waals surface area contributed by atoms with Gasteiger partial charge in [-0.2, -0.15) is 0 Å². The molecule has 0 spiro atoms. The van der Waals surface area contributed by atoms with Crippen LogP contribution in [0.2, 0.25) is 0 Å². The summed E-state index contributed by atoms with van der Waals surface area (Å²) >= 11 is 0. The van der Waals surface area contributed by atoms with Crippen molar-refractivity contribution in [1.29, 1.82) is 0 Å². The molecule has 26 heavy (non-hydrogen) atoms. The van der Waals surface area contributed by atoms with Crippen molar-refractivity contribution in [2.24, 2.45) is 5.92 Å². The second kappa shape index (κ2) is 7.63. The highest BCUT2D eigenvalue weighted by atomic mass is 16.2. The number of aryl methyl sites for hydroxylation is 1. The number of fused-ring (bicyclic) bond motifs is 4. The van der Waals surface area contributed by atoms with E-state index in [1.807, 2.05) is 6.07 Å². The van der Waals surface area contributed by atoms with Gasteiger partial charge in [0.1, 0.15) is 0 Å². The summed E-state index contributed by atoms with van der Waals surface area (Å²) in [6, 6.07) is 19.5. The number of hydrogen-bond acceptors (Lipinski definition) is 2. The van der Waals surface area contributed by atoms with Crippen LogP contribution in [0.25, 0.3) is 0 Å². The fraction of sp³-hybridized carbons (Fsp3) is 0.435. The fourth-order valence-electron chi connectivity index (χ4n) is 4.50. The number of carbonyl (C=O) groups is 1. The summed E-state index contributed by atoms with van der Waals surface area (Å²) in [7, 11) is 0. The molecule has 0 N–H and O–H groups in total. The van der Waals surface area contributed by atoms with Gasteiger partial charge in [0.15, 0.2) is 0 Å². The average molecular weight is 348 g/mol. The smallest absolute Gasteiger partial charge is 0.227 e. The molecule has 0 saturated carbocycles. The van der Waals surface area contributed by atoms with Gasteiger partial charge in [-0.15, -0.1) is 0 Å². The number of amides is 1. The van der Waals surface area contributed by atoms with E-state index in [9.17, 15) is 4.79 Å². The number of hydrogen-bond donors (Lipinski definition) is 0. The fourth-order valence-corrected chi connectivity index (χ4v) is 4.50. The lowest BCUT2D eigenvalue weighted by atomic mass is 9.94. The van der Waals surface area contributed by atoms with Gasteiger partial charge in [-0.05, 0) is 36.8 Å². The molecule has 0 aliphatic carbocycles. The Bertz CT molecular complexity index is 758. The maximum Gasteiger partial charge on any atom is 0.227 e. The van der Waals surface area contributed by atoms with Crippen LogP contribution in [0.5, 0.6) is 0 Å². The maximum atomic E-state index is 12.9. The normalized spacial score (nSPS) is 23.0. The third-order valence-electron chi connectivity index (χ3n) is 5.85. The van der Waals surface area contributed by atoms with Crippen LogP contribution >= 0.6 is 0 Å². The molecule has 0 unspecified atom stereocenters. The lowest BCUT2D eigenvalue weighted by Gasteiger charge is -2.36. The number of benzene rings is 2. The van der Waals surface area contributed by atoms with Gasteiger partial charge in [0.2, 0.25) is 5.91 Å². The summed E-state index contributed by atoms with van der Waals surface area (Å²) in [4.78, 5) is 17.7. The van der Waals surface area contributed by atoms with Gasteiger partial charge in [0.25, 0.3) is 0 Å².